The summed E-state index contributed by atoms with van der Waals surface area (Å²) < 4.78 is 17.4. The highest BCUT2D eigenvalue weighted by Gasteiger charge is 2.23. The molecule has 0 saturated carbocycles. The normalized spacial score (nSPS) is 18.1. The summed E-state index contributed by atoms with van der Waals surface area (Å²) >= 11 is 0. The zero-order chi connectivity index (χ0) is 18.9. The Morgan fingerprint density at radius 3 is 3.00 bits per heavy atom. The van der Waals surface area contributed by atoms with Gasteiger partial charge < -0.3 is 19.2 Å². The quantitative estimate of drug-likeness (QED) is 0.735. The number of ether oxygens (including phenoxy) is 2. The van der Waals surface area contributed by atoms with E-state index < -0.39 is 0 Å². The maximum absolute atomic E-state index is 12.4. The molecule has 0 radical (unpaired) electrons. The zero-order valence-corrected chi connectivity index (χ0v) is 15.7. The highest BCUT2D eigenvalue weighted by molar-refractivity contribution is 5.84. The fourth-order valence-corrected chi connectivity index (χ4v) is 4.21. The molecule has 2 heterocycles. The molecule has 3 aromatic rings. The van der Waals surface area contributed by atoms with E-state index >= 15 is 0 Å². The molecular formula is C23H23NO4. The lowest BCUT2D eigenvalue weighted by molar-refractivity contribution is -0.124. The third-order valence-corrected chi connectivity index (χ3v) is 5.59. The second-order valence-corrected chi connectivity index (χ2v) is 7.45. The summed E-state index contributed by atoms with van der Waals surface area (Å²) in [7, 11) is 0. The van der Waals surface area contributed by atoms with Crippen LogP contribution in [-0.4, -0.2) is 19.1 Å². The molecule has 0 spiro atoms. The zero-order valence-electron chi connectivity index (χ0n) is 15.7. The highest BCUT2D eigenvalue weighted by atomic mass is 16.5. The van der Waals surface area contributed by atoms with Gasteiger partial charge >= 0.3 is 0 Å². The smallest absolute Gasteiger partial charge is 0.258 e. The molecule has 1 amide bonds. The first kappa shape index (κ1) is 17.2. The summed E-state index contributed by atoms with van der Waals surface area (Å²) in [6.45, 7) is 0.593. The summed E-state index contributed by atoms with van der Waals surface area (Å²) in [4.78, 5) is 12.4. The maximum Gasteiger partial charge on any atom is 0.258 e. The van der Waals surface area contributed by atoms with E-state index in [9.17, 15) is 4.79 Å². The average molecular weight is 377 g/mol. The van der Waals surface area contributed by atoms with Crippen molar-refractivity contribution in [3.63, 3.8) is 0 Å². The number of nitrogens with one attached hydrogen (secondary N) is 1. The van der Waals surface area contributed by atoms with Crippen molar-refractivity contribution in [2.45, 2.75) is 38.1 Å². The summed E-state index contributed by atoms with van der Waals surface area (Å²) in [5.74, 6) is 2.52. The third kappa shape index (κ3) is 3.21. The van der Waals surface area contributed by atoms with E-state index in [0.717, 1.165) is 47.3 Å². The van der Waals surface area contributed by atoms with E-state index in [1.165, 1.54) is 18.4 Å². The Morgan fingerprint density at radius 1 is 1.14 bits per heavy atom. The maximum atomic E-state index is 12.4. The van der Waals surface area contributed by atoms with Crippen molar-refractivity contribution in [3.05, 3.63) is 59.4 Å². The van der Waals surface area contributed by atoms with Crippen LogP contribution in [0.25, 0.3) is 11.0 Å². The first-order chi connectivity index (χ1) is 13.8. The molecule has 0 fully saturated rings. The second kappa shape index (κ2) is 7.23. The summed E-state index contributed by atoms with van der Waals surface area (Å²) in [5.41, 5.74) is 3.23. The summed E-state index contributed by atoms with van der Waals surface area (Å²) in [6.07, 6.45) is 5.20. The van der Waals surface area contributed by atoms with Gasteiger partial charge in [0.15, 0.2) is 6.61 Å². The van der Waals surface area contributed by atoms with Gasteiger partial charge in [0, 0.05) is 29.4 Å². The second-order valence-electron chi connectivity index (χ2n) is 7.45. The molecule has 5 nitrogen and oxygen atoms in total. The van der Waals surface area contributed by atoms with Gasteiger partial charge in [-0.1, -0.05) is 18.2 Å². The first-order valence-corrected chi connectivity index (χ1v) is 9.96. The number of fused-ring (bicyclic) bond motifs is 4. The van der Waals surface area contributed by atoms with E-state index in [4.69, 9.17) is 13.9 Å². The number of benzene rings is 2. The Morgan fingerprint density at radius 2 is 2.04 bits per heavy atom. The van der Waals surface area contributed by atoms with E-state index in [0.29, 0.717) is 12.4 Å². The van der Waals surface area contributed by atoms with Gasteiger partial charge in [0.05, 0.1) is 12.6 Å². The van der Waals surface area contributed by atoms with Crippen LogP contribution < -0.4 is 14.8 Å². The molecular weight excluding hydrogens is 354 g/mol. The summed E-state index contributed by atoms with van der Waals surface area (Å²) in [5, 5.41) is 4.18. The molecule has 0 unspecified atom stereocenters. The van der Waals surface area contributed by atoms with Crippen LogP contribution in [0.3, 0.4) is 0 Å². The van der Waals surface area contributed by atoms with Crippen LogP contribution in [0.4, 0.5) is 0 Å². The third-order valence-electron chi connectivity index (χ3n) is 5.59. The largest absolute Gasteiger partial charge is 0.493 e. The molecule has 28 heavy (non-hydrogen) atoms. The van der Waals surface area contributed by atoms with Crippen molar-refractivity contribution in [1.29, 1.82) is 0 Å². The van der Waals surface area contributed by atoms with Crippen LogP contribution in [-0.2, 0) is 17.6 Å². The van der Waals surface area contributed by atoms with E-state index in [2.05, 4.69) is 5.32 Å². The number of amides is 1. The Labute approximate surface area is 163 Å². The van der Waals surface area contributed by atoms with Crippen LogP contribution in [0.15, 0.2) is 46.9 Å². The van der Waals surface area contributed by atoms with Gasteiger partial charge in [0.1, 0.15) is 22.8 Å². The van der Waals surface area contributed by atoms with Gasteiger partial charge in [-0.25, -0.2) is 0 Å². The molecule has 1 aliphatic heterocycles. The van der Waals surface area contributed by atoms with Crippen LogP contribution in [0.1, 0.15) is 42.2 Å². The topological polar surface area (TPSA) is 60.7 Å². The lowest BCUT2D eigenvalue weighted by atomic mass is 9.96. The van der Waals surface area contributed by atoms with Crippen molar-refractivity contribution in [1.82, 2.24) is 5.32 Å². The lowest BCUT2D eigenvalue weighted by Crippen LogP contribution is -2.35. The first-order valence-electron chi connectivity index (χ1n) is 9.96. The van der Waals surface area contributed by atoms with Crippen molar-refractivity contribution in [2.75, 3.05) is 13.2 Å². The van der Waals surface area contributed by atoms with E-state index in [-0.39, 0.29) is 18.6 Å². The molecule has 1 aromatic heterocycles. The average Bonchev–Trinajstić information content (AvgIpc) is 3.10. The Kier molecular flexibility index (Phi) is 4.43. The number of carbonyl (C=O) groups excluding carboxylic acids is 1. The van der Waals surface area contributed by atoms with Crippen molar-refractivity contribution in [2.24, 2.45) is 0 Å². The molecule has 1 atom stereocenters. The van der Waals surface area contributed by atoms with Crippen molar-refractivity contribution >= 4 is 16.9 Å². The fraction of sp³-hybridized carbons (Fsp3) is 0.348. The van der Waals surface area contributed by atoms with Gasteiger partial charge in [-0.2, -0.15) is 0 Å². The predicted octanol–water partition coefficient (Wildman–Crippen LogP) is 4.33. The minimum atomic E-state index is -0.129. The molecule has 5 heteroatoms. The van der Waals surface area contributed by atoms with Gasteiger partial charge in [-0.05, 0) is 43.5 Å². The number of aryl methyl sites for hydroxylation is 2. The number of hydrogen-bond acceptors (Lipinski definition) is 4. The van der Waals surface area contributed by atoms with Gasteiger partial charge in [0.25, 0.3) is 5.91 Å². The van der Waals surface area contributed by atoms with Gasteiger partial charge in [0.2, 0.25) is 0 Å². The Balaban J connectivity index is 1.26. The lowest BCUT2D eigenvalue weighted by Gasteiger charge is -2.26. The number of hydrogen-bond donors (Lipinski definition) is 1. The number of carbonyl (C=O) groups is 1. The summed E-state index contributed by atoms with van der Waals surface area (Å²) in [6, 6.07) is 13.6. The molecule has 2 aromatic carbocycles. The van der Waals surface area contributed by atoms with Crippen LogP contribution in [0.2, 0.25) is 0 Å². The van der Waals surface area contributed by atoms with Crippen molar-refractivity contribution in [3.8, 4) is 11.5 Å². The number of furan rings is 1. The molecule has 144 valence electrons. The number of para-hydroxylation sites is 1. The Bertz CT molecular complexity index is 1020. The molecule has 0 bridgehead atoms. The standard InChI is InChI=1S/C23H23NO4/c25-23(24-19-11-12-26-20-7-3-2-6-17(19)20)14-27-15-9-10-22-18(13-15)16-5-1-4-8-21(16)28-22/h2-3,6-7,9-10,13,19H,1,4-5,8,11-12,14H2,(H,24,25)/t19-/m1/s1. The minimum absolute atomic E-state index is 0.00886. The van der Waals surface area contributed by atoms with Gasteiger partial charge in [-0.15, -0.1) is 0 Å². The van der Waals surface area contributed by atoms with E-state index in [1.807, 2.05) is 42.5 Å². The van der Waals surface area contributed by atoms with Crippen LogP contribution >= 0.6 is 0 Å². The van der Waals surface area contributed by atoms with Gasteiger partial charge in [-0.3, -0.25) is 4.79 Å². The molecule has 1 aliphatic carbocycles. The van der Waals surface area contributed by atoms with Crippen molar-refractivity contribution < 1.29 is 18.7 Å². The highest BCUT2D eigenvalue weighted by Crippen LogP contribution is 2.34. The molecule has 0 saturated heterocycles. The molecule has 5 rings (SSSR count). The fourth-order valence-electron chi connectivity index (χ4n) is 4.21. The van der Waals surface area contributed by atoms with Crippen LogP contribution in [0, 0.1) is 0 Å². The Hall–Kier alpha value is -2.95. The predicted molar refractivity (Wildman–Crippen MR) is 106 cm³/mol. The van der Waals surface area contributed by atoms with Crippen LogP contribution in [0.5, 0.6) is 11.5 Å². The molecule has 1 N–H and O–H groups in total. The monoisotopic (exact) mass is 377 g/mol. The number of rotatable bonds is 4. The SMILES string of the molecule is O=C(COc1ccc2oc3c(c2c1)CCCC3)N[C@@H]1CCOc2ccccc21. The minimum Gasteiger partial charge on any atom is -0.493 e. The van der Waals surface area contributed by atoms with E-state index in [1.54, 1.807) is 0 Å². The molecule has 2 aliphatic rings.